The lowest BCUT2D eigenvalue weighted by atomic mass is 10.1. The molecule has 0 aliphatic carbocycles. The summed E-state index contributed by atoms with van der Waals surface area (Å²) in [4.78, 5) is 11.9. The van der Waals surface area contributed by atoms with Crippen LogP contribution in [0.1, 0.15) is 10.4 Å². The lowest BCUT2D eigenvalue weighted by Crippen LogP contribution is -2.12. The molecule has 0 aliphatic rings. The summed E-state index contributed by atoms with van der Waals surface area (Å²) in [5.41, 5.74) is 0.363. The van der Waals surface area contributed by atoms with Crippen LogP contribution >= 0.6 is 27.5 Å². The third-order valence-electron chi connectivity index (χ3n) is 2.43. The van der Waals surface area contributed by atoms with Crippen molar-refractivity contribution in [3.63, 3.8) is 0 Å². The maximum atomic E-state index is 13.5. The van der Waals surface area contributed by atoms with Crippen molar-refractivity contribution in [2.24, 2.45) is 0 Å². The van der Waals surface area contributed by atoms with Crippen LogP contribution in [0, 0.1) is 5.82 Å². The maximum Gasteiger partial charge on any atom is 0.201 e. The molecule has 98 valence electrons. The van der Waals surface area contributed by atoms with Crippen LogP contribution in [-0.4, -0.2) is 12.4 Å². The van der Waals surface area contributed by atoms with Crippen molar-refractivity contribution in [3.05, 3.63) is 63.3 Å². The van der Waals surface area contributed by atoms with E-state index in [4.69, 9.17) is 16.3 Å². The number of carbonyl (C=O) groups is 1. The highest BCUT2D eigenvalue weighted by molar-refractivity contribution is 9.10. The number of rotatable bonds is 4. The standard InChI is InChI=1S/C14H9BrClFO2/c15-9-5-6-14(12(17)7-9)19-8-13(18)10-3-1-2-4-11(10)16/h1-7H,8H2. The molecule has 2 aromatic rings. The van der Waals surface area contributed by atoms with Gasteiger partial charge in [-0.15, -0.1) is 0 Å². The topological polar surface area (TPSA) is 26.3 Å². The maximum absolute atomic E-state index is 13.5. The Labute approximate surface area is 123 Å². The van der Waals surface area contributed by atoms with Gasteiger partial charge in [0.2, 0.25) is 5.78 Å². The van der Waals surface area contributed by atoms with Crippen LogP contribution in [0.15, 0.2) is 46.9 Å². The molecule has 0 radical (unpaired) electrons. The molecule has 0 fully saturated rings. The monoisotopic (exact) mass is 342 g/mol. The van der Waals surface area contributed by atoms with E-state index in [0.29, 0.717) is 15.1 Å². The first-order chi connectivity index (χ1) is 9.08. The normalized spacial score (nSPS) is 10.3. The summed E-state index contributed by atoms with van der Waals surface area (Å²) in [5, 5.41) is 0.354. The van der Waals surface area contributed by atoms with Gasteiger partial charge in [0.05, 0.1) is 5.02 Å². The second-order valence-corrected chi connectivity index (χ2v) is 5.09. The van der Waals surface area contributed by atoms with Gasteiger partial charge in [-0.05, 0) is 30.3 Å². The van der Waals surface area contributed by atoms with E-state index in [2.05, 4.69) is 15.9 Å². The number of Topliss-reactive ketones (excluding diaryl/α,β-unsaturated/α-hetero) is 1. The van der Waals surface area contributed by atoms with Crippen molar-refractivity contribution in [2.45, 2.75) is 0 Å². The van der Waals surface area contributed by atoms with E-state index < -0.39 is 5.82 Å². The van der Waals surface area contributed by atoms with E-state index >= 15 is 0 Å². The fourth-order valence-electron chi connectivity index (χ4n) is 1.50. The molecule has 0 atom stereocenters. The van der Waals surface area contributed by atoms with Gasteiger partial charge in [-0.2, -0.15) is 0 Å². The number of ether oxygens (including phenoxy) is 1. The molecule has 19 heavy (non-hydrogen) atoms. The quantitative estimate of drug-likeness (QED) is 0.764. The Kier molecular flexibility index (Phi) is 4.56. The molecule has 0 saturated carbocycles. The first-order valence-corrected chi connectivity index (χ1v) is 6.60. The molecule has 0 unspecified atom stereocenters. The van der Waals surface area contributed by atoms with Crippen LogP contribution in [0.3, 0.4) is 0 Å². The summed E-state index contributed by atoms with van der Waals surface area (Å²) in [6.07, 6.45) is 0. The van der Waals surface area contributed by atoms with E-state index in [9.17, 15) is 9.18 Å². The highest BCUT2D eigenvalue weighted by atomic mass is 79.9. The number of ketones is 1. The number of hydrogen-bond acceptors (Lipinski definition) is 2. The first kappa shape index (κ1) is 14.0. The largest absolute Gasteiger partial charge is 0.482 e. The van der Waals surface area contributed by atoms with Crippen molar-refractivity contribution in [2.75, 3.05) is 6.61 Å². The summed E-state index contributed by atoms with van der Waals surface area (Å²) < 4.78 is 19.3. The van der Waals surface area contributed by atoms with Crippen LogP contribution in [-0.2, 0) is 0 Å². The minimum atomic E-state index is -0.527. The molecular formula is C14H9BrClFO2. The van der Waals surface area contributed by atoms with Gasteiger partial charge in [0.15, 0.2) is 18.2 Å². The smallest absolute Gasteiger partial charge is 0.201 e. The number of carbonyl (C=O) groups excluding carboxylic acids is 1. The van der Waals surface area contributed by atoms with Crippen molar-refractivity contribution < 1.29 is 13.9 Å². The Balaban J connectivity index is 2.07. The van der Waals surface area contributed by atoms with Gasteiger partial charge in [-0.3, -0.25) is 4.79 Å². The van der Waals surface area contributed by atoms with Crippen LogP contribution < -0.4 is 4.74 Å². The molecular weight excluding hydrogens is 335 g/mol. The van der Waals surface area contributed by atoms with Crippen LogP contribution in [0.2, 0.25) is 5.02 Å². The number of hydrogen-bond donors (Lipinski definition) is 0. The van der Waals surface area contributed by atoms with Gasteiger partial charge in [0, 0.05) is 10.0 Å². The third-order valence-corrected chi connectivity index (χ3v) is 3.25. The zero-order chi connectivity index (χ0) is 13.8. The fraction of sp³-hybridized carbons (Fsp3) is 0.0714. The van der Waals surface area contributed by atoms with Crippen molar-refractivity contribution in [1.29, 1.82) is 0 Å². The Morgan fingerprint density at radius 2 is 2.00 bits per heavy atom. The van der Waals surface area contributed by atoms with Gasteiger partial charge < -0.3 is 4.74 Å². The van der Waals surface area contributed by atoms with Crippen LogP contribution in [0.5, 0.6) is 5.75 Å². The lowest BCUT2D eigenvalue weighted by molar-refractivity contribution is 0.0919. The molecule has 2 aromatic carbocycles. The van der Waals surface area contributed by atoms with E-state index in [0.717, 1.165) is 0 Å². The van der Waals surface area contributed by atoms with Gasteiger partial charge in [-0.1, -0.05) is 39.7 Å². The molecule has 5 heteroatoms. The second kappa shape index (κ2) is 6.17. The van der Waals surface area contributed by atoms with Gasteiger partial charge in [0.1, 0.15) is 0 Å². The molecule has 0 amide bonds. The second-order valence-electron chi connectivity index (χ2n) is 3.77. The highest BCUT2D eigenvalue weighted by Crippen LogP contribution is 2.22. The molecule has 0 N–H and O–H groups in total. The predicted molar refractivity (Wildman–Crippen MR) is 75.4 cm³/mol. The first-order valence-electron chi connectivity index (χ1n) is 5.43. The third kappa shape index (κ3) is 3.55. The number of halogens is 3. The Morgan fingerprint density at radius 1 is 1.26 bits per heavy atom. The SMILES string of the molecule is O=C(COc1ccc(Br)cc1F)c1ccccc1Cl. The van der Waals surface area contributed by atoms with E-state index in [1.165, 1.54) is 12.1 Å². The van der Waals surface area contributed by atoms with Crippen molar-refractivity contribution in [1.82, 2.24) is 0 Å². The van der Waals surface area contributed by atoms with Crippen molar-refractivity contribution >= 4 is 33.3 Å². The molecule has 2 nitrogen and oxygen atoms in total. The van der Waals surface area contributed by atoms with Crippen LogP contribution in [0.4, 0.5) is 4.39 Å². The molecule has 0 saturated heterocycles. The van der Waals surface area contributed by atoms with Crippen LogP contribution in [0.25, 0.3) is 0 Å². The molecule has 0 heterocycles. The summed E-state index contributed by atoms with van der Waals surface area (Å²) in [5.74, 6) is -0.794. The highest BCUT2D eigenvalue weighted by Gasteiger charge is 2.12. The predicted octanol–water partition coefficient (Wildman–Crippen LogP) is 4.50. The van der Waals surface area contributed by atoms with Gasteiger partial charge >= 0.3 is 0 Å². The van der Waals surface area contributed by atoms with E-state index in [-0.39, 0.29) is 18.1 Å². The van der Waals surface area contributed by atoms with E-state index in [1.54, 1.807) is 30.3 Å². The Bertz CT molecular complexity index is 616. The minimum absolute atomic E-state index is 0.0311. The van der Waals surface area contributed by atoms with Gasteiger partial charge in [0.25, 0.3) is 0 Å². The zero-order valence-corrected chi connectivity index (χ0v) is 12.0. The van der Waals surface area contributed by atoms with E-state index in [1.807, 2.05) is 0 Å². The summed E-state index contributed by atoms with van der Waals surface area (Å²) in [7, 11) is 0. The summed E-state index contributed by atoms with van der Waals surface area (Å²) in [6, 6.07) is 11.0. The Hall–Kier alpha value is -1.39. The molecule has 0 bridgehead atoms. The number of benzene rings is 2. The molecule has 0 aliphatic heterocycles. The Morgan fingerprint density at radius 3 is 2.68 bits per heavy atom. The van der Waals surface area contributed by atoms with Crippen molar-refractivity contribution in [3.8, 4) is 5.75 Å². The fourth-order valence-corrected chi connectivity index (χ4v) is 2.07. The summed E-state index contributed by atoms with van der Waals surface area (Å²) >= 11 is 9.04. The zero-order valence-electron chi connectivity index (χ0n) is 9.70. The average Bonchev–Trinajstić information content (AvgIpc) is 2.38. The average molecular weight is 344 g/mol. The summed E-state index contributed by atoms with van der Waals surface area (Å²) in [6.45, 7) is -0.262. The molecule has 0 spiro atoms. The lowest BCUT2D eigenvalue weighted by Gasteiger charge is -2.07. The molecule has 2 rings (SSSR count). The van der Waals surface area contributed by atoms with Gasteiger partial charge in [-0.25, -0.2) is 4.39 Å². The minimum Gasteiger partial charge on any atom is -0.482 e. The molecule has 0 aromatic heterocycles.